The predicted molar refractivity (Wildman–Crippen MR) is 56.6 cm³/mol. The summed E-state index contributed by atoms with van der Waals surface area (Å²) in [5.41, 5.74) is 5.00. The number of nitrogens with one attached hydrogen (secondary N) is 1. The molecule has 0 aromatic carbocycles. The fourth-order valence-corrected chi connectivity index (χ4v) is 2.51. The van der Waals surface area contributed by atoms with Crippen LogP contribution in [-0.4, -0.2) is 50.6 Å². The van der Waals surface area contributed by atoms with Crippen molar-refractivity contribution in [3.05, 3.63) is 0 Å². The van der Waals surface area contributed by atoms with Crippen LogP contribution in [0.2, 0.25) is 0 Å². The molecule has 0 unspecified atom stereocenters. The Hall–Kier alpha value is -0.660. The molecule has 1 heterocycles. The van der Waals surface area contributed by atoms with Crippen molar-refractivity contribution in [3.63, 3.8) is 0 Å². The van der Waals surface area contributed by atoms with Crippen LogP contribution in [0.25, 0.3) is 0 Å². The average molecular weight is 235 g/mol. The molecule has 1 rings (SSSR count). The van der Waals surface area contributed by atoms with E-state index in [1.165, 1.54) is 10.6 Å². The van der Waals surface area contributed by atoms with Crippen molar-refractivity contribution in [2.24, 2.45) is 5.73 Å². The molecule has 3 N–H and O–H groups in total. The van der Waals surface area contributed by atoms with Gasteiger partial charge in [0, 0.05) is 19.1 Å². The summed E-state index contributed by atoms with van der Waals surface area (Å²) >= 11 is 0. The molecular formula is C8H17N3O3S. The third-order valence-corrected chi connectivity index (χ3v) is 3.79. The first-order valence-corrected chi connectivity index (χ1v) is 6.71. The van der Waals surface area contributed by atoms with Gasteiger partial charge in [0.05, 0.1) is 12.8 Å². The van der Waals surface area contributed by atoms with Crippen molar-refractivity contribution in [1.29, 1.82) is 0 Å². The summed E-state index contributed by atoms with van der Waals surface area (Å²) in [6.07, 6.45) is 2.66. The van der Waals surface area contributed by atoms with E-state index in [1.54, 1.807) is 0 Å². The van der Waals surface area contributed by atoms with Crippen LogP contribution in [0.15, 0.2) is 0 Å². The van der Waals surface area contributed by atoms with Crippen LogP contribution < -0.4 is 11.1 Å². The van der Waals surface area contributed by atoms with Crippen molar-refractivity contribution in [2.75, 3.05) is 25.9 Å². The van der Waals surface area contributed by atoms with Gasteiger partial charge in [-0.3, -0.25) is 4.79 Å². The zero-order chi connectivity index (χ0) is 11.5. The van der Waals surface area contributed by atoms with Gasteiger partial charge in [0.25, 0.3) is 0 Å². The Balaban J connectivity index is 2.33. The largest absolute Gasteiger partial charge is 0.369 e. The lowest BCUT2D eigenvalue weighted by Crippen LogP contribution is -2.46. The molecule has 0 aromatic heterocycles. The molecule has 15 heavy (non-hydrogen) atoms. The maximum absolute atomic E-state index is 11.2. The first-order valence-electron chi connectivity index (χ1n) is 4.86. The lowest BCUT2D eigenvalue weighted by molar-refractivity contribution is -0.117. The van der Waals surface area contributed by atoms with Crippen molar-refractivity contribution in [3.8, 4) is 0 Å². The lowest BCUT2D eigenvalue weighted by atomic mass is 10.1. The highest BCUT2D eigenvalue weighted by atomic mass is 32.2. The maximum Gasteiger partial charge on any atom is 0.231 e. The number of amides is 1. The molecule has 0 bridgehead atoms. The summed E-state index contributed by atoms with van der Waals surface area (Å²) < 4.78 is 23.8. The van der Waals surface area contributed by atoms with Gasteiger partial charge in [0.15, 0.2) is 0 Å². The Morgan fingerprint density at radius 1 is 1.47 bits per heavy atom. The molecule has 88 valence electrons. The molecule has 1 fully saturated rings. The van der Waals surface area contributed by atoms with Crippen molar-refractivity contribution >= 4 is 15.9 Å². The smallest absolute Gasteiger partial charge is 0.231 e. The van der Waals surface area contributed by atoms with Crippen LogP contribution in [0.5, 0.6) is 0 Å². The van der Waals surface area contributed by atoms with Crippen molar-refractivity contribution in [1.82, 2.24) is 9.62 Å². The van der Waals surface area contributed by atoms with Gasteiger partial charge in [-0.1, -0.05) is 0 Å². The highest BCUT2D eigenvalue weighted by Crippen LogP contribution is 2.12. The van der Waals surface area contributed by atoms with Gasteiger partial charge in [-0.25, -0.2) is 12.7 Å². The van der Waals surface area contributed by atoms with Crippen LogP contribution in [-0.2, 0) is 14.8 Å². The fraction of sp³-hybridized carbons (Fsp3) is 0.875. The van der Waals surface area contributed by atoms with Crippen LogP contribution in [0.4, 0.5) is 0 Å². The summed E-state index contributed by atoms with van der Waals surface area (Å²) in [6.45, 7) is 1.17. The second kappa shape index (κ2) is 4.91. The minimum Gasteiger partial charge on any atom is -0.369 e. The molecule has 0 spiro atoms. The standard InChI is InChI=1S/C8H17N3O3S/c1-15(13,14)11-4-2-7(3-5-11)10-6-8(9)12/h7,10H,2-6H2,1H3,(H2,9,12). The molecule has 0 saturated carbocycles. The monoisotopic (exact) mass is 235 g/mol. The number of sulfonamides is 1. The van der Waals surface area contributed by atoms with Gasteiger partial charge >= 0.3 is 0 Å². The van der Waals surface area contributed by atoms with Crippen molar-refractivity contribution in [2.45, 2.75) is 18.9 Å². The number of hydrogen-bond donors (Lipinski definition) is 2. The molecule has 1 aliphatic heterocycles. The van der Waals surface area contributed by atoms with E-state index in [0.29, 0.717) is 13.1 Å². The number of hydrogen-bond acceptors (Lipinski definition) is 4. The summed E-state index contributed by atoms with van der Waals surface area (Å²) in [6, 6.07) is 0.190. The molecule has 1 amide bonds. The minimum atomic E-state index is -3.07. The first kappa shape index (κ1) is 12.4. The van der Waals surface area contributed by atoms with Gasteiger partial charge in [-0.2, -0.15) is 0 Å². The third-order valence-electron chi connectivity index (χ3n) is 2.49. The molecule has 0 aliphatic carbocycles. The van der Waals surface area contributed by atoms with E-state index < -0.39 is 10.0 Å². The Morgan fingerprint density at radius 3 is 2.40 bits per heavy atom. The van der Waals surface area contributed by atoms with E-state index in [2.05, 4.69) is 5.32 Å². The Bertz CT molecular complexity index is 320. The Kier molecular flexibility index (Phi) is 4.06. The Labute approximate surface area is 89.9 Å². The lowest BCUT2D eigenvalue weighted by Gasteiger charge is -2.30. The van der Waals surface area contributed by atoms with E-state index in [0.717, 1.165) is 12.8 Å². The third kappa shape index (κ3) is 4.15. The number of nitrogens with zero attached hydrogens (tertiary/aromatic N) is 1. The molecule has 0 atom stereocenters. The predicted octanol–water partition coefficient (Wildman–Crippen LogP) is -1.51. The topological polar surface area (TPSA) is 92.5 Å². The molecule has 1 aliphatic rings. The molecule has 0 radical (unpaired) electrons. The first-order chi connectivity index (χ1) is 6.89. The summed E-state index contributed by atoms with van der Waals surface area (Å²) in [7, 11) is -3.07. The second-order valence-corrected chi connectivity index (χ2v) is 5.77. The SMILES string of the molecule is CS(=O)(=O)N1CCC(NCC(N)=O)CC1. The van der Waals surface area contributed by atoms with Gasteiger partial charge in [-0.05, 0) is 12.8 Å². The van der Waals surface area contributed by atoms with Gasteiger partial charge in [-0.15, -0.1) is 0 Å². The van der Waals surface area contributed by atoms with Gasteiger partial charge in [0.2, 0.25) is 15.9 Å². The molecule has 6 nitrogen and oxygen atoms in total. The zero-order valence-corrected chi connectivity index (χ0v) is 9.59. The van der Waals surface area contributed by atoms with Crippen molar-refractivity contribution < 1.29 is 13.2 Å². The summed E-state index contributed by atoms with van der Waals surface area (Å²) in [4.78, 5) is 10.5. The molecular weight excluding hydrogens is 218 g/mol. The van der Waals surface area contributed by atoms with E-state index in [1.807, 2.05) is 0 Å². The van der Waals surface area contributed by atoms with E-state index in [9.17, 15) is 13.2 Å². The molecule has 7 heteroatoms. The summed E-state index contributed by atoms with van der Waals surface area (Å²) in [5, 5.41) is 3.00. The molecule has 1 saturated heterocycles. The Morgan fingerprint density at radius 2 is 2.00 bits per heavy atom. The van der Waals surface area contributed by atoms with Gasteiger partial charge < -0.3 is 11.1 Å². The van der Waals surface area contributed by atoms with E-state index in [-0.39, 0.29) is 18.5 Å². The zero-order valence-electron chi connectivity index (χ0n) is 8.77. The van der Waals surface area contributed by atoms with Gasteiger partial charge in [0.1, 0.15) is 0 Å². The number of nitrogens with two attached hydrogens (primary N) is 1. The number of carbonyl (C=O) groups is 1. The minimum absolute atomic E-state index is 0.156. The van der Waals surface area contributed by atoms with E-state index >= 15 is 0 Å². The maximum atomic E-state index is 11.2. The number of rotatable bonds is 4. The second-order valence-electron chi connectivity index (χ2n) is 3.78. The quantitative estimate of drug-likeness (QED) is 0.619. The number of piperidine rings is 1. The normalized spacial score (nSPS) is 20.3. The number of carbonyl (C=O) groups excluding carboxylic acids is 1. The van der Waals surface area contributed by atoms with Crippen LogP contribution in [0.1, 0.15) is 12.8 Å². The van der Waals surface area contributed by atoms with E-state index in [4.69, 9.17) is 5.73 Å². The average Bonchev–Trinajstić information content (AvgIpc) is 2.14. The fourth-order valence-electron chi connectivity index (χ4n) is 1.64. The van der Waals surface area contributed by atoms with Crippen LogP contribution in [0.3, 0.4) is 0 Å². The highest BCUT2D eigenvalue weighted by molar-refractivity contribution is 7.88. The summed E-state index contributed by atoms with van der Waals surface area (Å²) in [5.74, 6) is -0.388. The van der Waals surface area contributed by atoms with Crippen LogP contribution in [0, 0.1) is 0 Å². The highest BCUT2D eigenvalue weighted by Gasteiger charge is 2.24. The van der Waals surface area contributed by atoms with Crippen LogP contribution >= 0.6 is 0 Å². The number of primary amides is 1. The molecule has 0 aromatic rings.